The number of anilines is 1. The summed E-state index contributed by atoms with van der Waals surface area (Å²) >= 11 is 0. The van der Waals surface area contributed by atoms with Crippen LogP contribution in [0.3, 0.4) is 0 Å². The normalized spacial score (nSPS) is 17.7. The topological polar surface area (TPSA) is 35.5 Å². The SMILES string of the molecule is ONN(c1ccccc1)C1CCCCC1. The highest BCUT2D eigenvalue weighted by atomic mass is 16.5. The highest BCUT2D eigenvalue weighted by molar-refractivity contribution is 5.45. The molecule has 0 unspecified atom stereocenters. The first-order valence-corrected chi connectivity index (χ1v) is 5.66. The fourth-order valence-corrected chi connectivity index (χ4v) is 2.28. The average molecular weight is 206 g/mol. The molecule has 3 heteroatoms. The lowest BCUT2D eigenvalue weighted by molar-refractivity contribution is 0.135. The zero-order valence-electron chi connectivity index (χ0n) is 8.89. The van der Waals surface area contributed by atoms with Crippen molar-refractivity contribution < 1.29 is 5.21 Å². The lowest BCUT2D eigenvalue weighted by atomic mass is 9.95. The van der Waals surface area contributed by atoms with Gasteiger partial charge in [0.25, 0.3) is 0 Å². The summed E-state index contributed by atoms with van der Waals surface area (Å²) in [6, 6.07) is 10.4. The number of nitrogens with zero attached hydrogens (tertiary/aromatic N) is 1. The van der Waals surface area contributed by atoms with Gasteiger partial charge in [0, 0.05) is 6.04 Å². The fourth-order valence-electron chi connectivity index (χ4n) is 2.28. The molecule has 0 atom stereocenters. The van der Waals surface area contributed by atoms with Crippen LogP contribution in [0, 0.1) is 0 Å². The molecule has 0 aromatic heterocycles. The summed E-state index contributed by atoms with van der Waals surface area (Å²) in [6.45, 7) is 0. The van der Waals surface area contributed by atoms with Gasteiger partial charge in [-0.05, 0) is 25.0 Å². The smallest absolute Gasteiger partial charge is 0.0545 e. The lowest BCUT2D eigenvalue weighted by Gasteiger charge is -2.34. The Labute approximate surface area is 90.6 Å². The van der Waals surface area contributed by atoms with Crippen LogP contribution in [0.15, 0.2) is 30.3 Å². The van der Waals surface area contributed by atoms with E-state index in [2.05, 4.69) is 5.59 Å². The van der Waals surface area contributed by atoms with Crippen molar-refractivity contribution in [3.05, 3.63) is 30.3 Å². The maximum Gasteiger partial charge on any atom is 0.0545 e. The molecule has 3 nitrogen and oxygen atoms in total. The van der Waals surface area contributed by atoms with Crippen LogP contribution in [0.4, 0.5) is 5.69 Å². The van der Waals surface area contributed by atoms with E-state index in [1.807, 2.05) is 35.3 Å². The minimum Gasteiger partial charge on any atom is -0.297 e. The van der Waals surface area contributed by atoms with Crippen LogP contribution in [0.2, 0.25) is 0 Å². The minimum atomic E-state index is 0.422. The maximum absolute atomic E-state index is 9.21. The Kier molecular flexibility index (Phi) is 3.59. The van der Waals surface area contributed by atoms with Crippen LogP contribution in [0.1, 0.15) is 32.1 Å². The number of hydrogen-bond donors (Lipinski definition) is 2. The summed E-state index contributed by atoms with van der Waals surface area (Å²) in [4.78, 5) is 0. The second-order valence-corrected chi connectivity index (χ2v) is 4.10. The van der Waals surface area contributed by atoms with E-state index < -0.39 is 0 Å². The van der Waals surface area contributed by atoms with Crippen molar-refractivity contribution in [1.82, 2.24) is 5.59 Å². The van der Waals surface area contributed by atoms with Crippen molar-refractivity contribution in [2.75, 3.05) is 5.01 Å². The Hall–Kier alpha value is -1.06. The molecule has 82 valence electrons. The summed E-state index contributed by atoms with van der Waals surface area (Å²) in [5.41, 5.74) is 3.36. The molecule has 1 saturated carbocycles. The van der Waals surface area contributed by atoms with Crippen molar-refractivity contribution >= 4 is 5.69 Å². The molecular weight excluding hydrogens is 188 g/mol. The van der Waals surface area contributed by atoms with Crippen LogP contribution in [0.5, 0.6) is 0 Å². The molecule has 0 radical (unpaired) electrons. The van der Waals surface area contributed by atoms with Gasteiger partial charge in [-0.2, -0.15) is 0 Å². The van der Waals surface area contributed by atoms with Gasteiger partial charge < -0.3 is 0 Å². The van der Waals surface area contributed by atoms with Gasteiger partial charge in [-0.15, -0.1) is 5.59 Å². The van der Waals surface area contributed by atoms with Gasteiger partial charge in [-0.25, -0.2) is 0 Å². The van der Waals surface area contributed by atoms with Crippen LogP contribution in [0.25, 0.3) is 0 Å². The highest BCUT2D eigenvalue weighted by Gasteiger charge is 2.20. The summed E-state index contributed by atoms with van der Waals surface area (Å²) < 4.78 is 0. The summed E-state index contributed by atoms with van der Waals surface area (Å²) in [7, 11) is 0. The quantitative estimate of drug-likeness (QED) is 0.746. The standard InChI is InChI=1S/C12H18N2O/c15-13-14(11-7-3-1-4-8-11)12-9-5-2-6-10-12/h1,3-4,7-8,12-13,15H,2,5-6,9-10H2. The van der Waals surface area contributed by atoms with Gasteiger partial charge in [0.05, 0.1) is 5.69 Å². The molecule has 2 rings (SSSR count). The lowest BCUT2D eigenvalue weighted by Crippen LogP contribution is -2.45. The van der Waals surface area contributed by atoms with Gasteiger partial charge in [0.1, 0.15) is 0 Å². The van der Waals surface area contributed by atoms with Gasteiger partial charge in [-0.3, -0.25) is 10.2 Å². The van der Waals surface area contributed by atoms with Gasteiger partial charge >= 0.3 is 0 Å². The van der Waals surface area contributed by atoms with E-state index in [0.717, 1.165) is 18.5 Å². The molecule has 1 aliphatic rings. The van der Waals surface area contributed by atoms with E-state index in [-0.39, 0.29) is 0 Å². The Morgan fingerprint density at radius 3 is 2.33 bits per heavy atom. The molecule has 1 aromatic carbocycles. The molecule has 0 spiro atoms. The third-order valence-electron chi connectivity index (χ3n) is 3.08. The van der Waals surface area contributed by atoms with Crippen LogP contribution in [-0.2, 0) is 0 Å². The minimum absolute atomic E-state index is 0.422. The Morgan fingerprint density at radius 1 is 1.07 bits per heavy atom. The van der Waals surface area contributed by atoms with Gasteiger partial charge in [0.2, 0.25) is 0 Å². The number of nitrogens with one attached hydrogen (secondary N) is 1. The molecule has 0 amide bonds. The highest BCUT2D eigenvalue weighted by Crippen LogP contribution is 2.25. The Balaban J connectivity index is 2.09. The molecule has 0 aliphatic heterocycles. The molecule has 1 fully saturated rings. The second kappa shape index (κ2) is 5.14. The first-order valence-electron chi connectivity index (χ1n) is 5.66. The predicted octanol–water partition coefficient (Wildman–Crippen LogP) is 2.72. The number of benzene rings is 1. The number of hydrogen-bond acceptors (Lipinski definition) is 3. The number of rotatable bonds is 3. The predicted molar refractivity (Wildman–Crippen MR) is 60.7 cm³/mol. The monoisotopic (exact) mass is 206 g/mol. The molecule has 0 bridgehead atoms. The van der Waals surface area contributed by atoms with E-state index in [1.165, 1.54) is 19.3 Å². The number of hydrazine groups is 1. The van der Waals surface area contributed by atoms with Gasteiger partial charge in [0.15, 0.2) is 0 Å². The van der Waals surface area contributed by atoms with Crippen LogP contribution in [-0.4, -0.2) is 11.2 Å². The third kappa shape index (κ3) is 2.49. The fraction of sp³-hybridized carbons (Fsp3) is 0.500. The summed E-state index contributed by atoms with van der Waals surface area (Å²) in [5.74, 6) is 0. The molecule has 0 saturated heterocycles. The molecule has 2 N–H and O–H groups in total. The summed E-state index contributed by atoms with van der Waals surface area (Å²) in [5, 5.41) is 11.1. The van der Waals surface area contributed by atoms with Crippen molar-refractivity contribution in [2.45, 2.75) is 38.1 Å². The Bertz CT molecular complexity index is 283. The molecule has 15 heavy (non-hydrogen) atoms. The first-order chi connectivity index (χ1) is 7.42. The van der Waals surface area contributed by atoms with Gasteiger partial charge in [-0.1, -0.05) is 37.5 Å². The number of para-hydroxylation sites is 1. The molecular formula is C12H18N2O. The van der Waals surface area contributed by atoms with Crippen molar-refractivity contribution in [3.63, 3.8) is 0 Å². The molecule has 1 aromatic rings. The van der Waals surface area contributed by atoms with E-state index >= 15 is 0 Å². The van der Waals surface area contributed by atoms with Crippen LogP contribution < -0.4 is 10.6 Å². The Morgan fingerprint density at radius 2 is 1.73 bits per heavy atom. The summed E-state index contributed by atoms with van der Waals surface area (Å²) in [6.07, 6.45) is 6.15. The zero-order valence-corrected chi connectivity index (χ0v) is 8.89. The second-order valence-electron chi connectivity index (χ2n) is 4.10. The zero-order chi connectivity index (χ0) is 10.5. The van der Waals surface area contributed by atoms with Crippen molar-refractivity contribution in [2.24, 2.45) is 0 Å². The molecule has 0 heterocycles. The van der Waals surface area contributed by atoms with Crippen molar-refractivity contribution in [1.29, 1.82) is 0 Å². The third-order valence-corrected chi connectivity index (χ3v) is 3.08. The van der Waals surface area contributed by atoms with E-state index in [9.17, 15) is 5.21 Å². The van der Waals surface area contributed by atoms with E-state index in [4.69, 9.17) is 0 Å². The van der Waals surface area contributed by atoms with E-state index in [1.54, 1.807) is 0 Å². The van der Waals surface area contributed by atoms with Crippen LogP contribution >= 0.6 is 0 Å². The largest absolute Gasteiger partial charge is 0.297 e. The maximum atomic E-state index is 9.21. The van der Waals surface area contributed by atoms with Crippen molar-refractivity contribution in [3.8, 4) is 0 Å². The molecule has 1 aliphatic carbocycles. The van der Waals surface area contributed by atoms with E-state index in [0.29, 0.717) is 6.04 Å². The first kappa shape index (κ1) is 10.5. The average Bonchev–Trinajstić information content (AvgIpc) is 2.33.